The number of hydrogen-bond donors (Lipinski definition) is 1. The Morgan fingerprint density at radius 2 is 1.82 bits per heavy atom. The maximum absolute atomic E-state index is 5.93. The van der Waals surface area contributed by atoms with Gasteiger partial charge in [0.2, 0.25) is 5.89 Å². The number of anilines is 1. The number of oxazole rings is 1. The first-order chi connectivity index (χ1) is 8.15. The van der Waals surface area contributed by atoms with Gasteiger partial charge in [-0.15, -0.1) is 0 Å². The van der Waals surface area contributed by atoms with Crippen LogP contribution in [0.3, 0.4) is 0 Å². The molecule has 0 amide bonds. The minimum Gasteiger partial charge on any atom is -0.493 e. The summed E-state index contributed by atoms with van der Waals surface area (Å²) in [6.45, 7) is 1.83. The van der Waals surface area contributed by atoms with Gasteiger partial charge >= 0.3 is 0 Å². The molecule has 0 aliphatic heterocycles. The number of ether oxygens (including phenoxy) is 2. The molecule has 1 aromatic heterocycles. The summed E-state index contributed by atoms with van der Waals surface area (Å²) < 4.78 is 15.8. The molecule has 0 bridgehead atoms. The molecule has 0 atom stereocenters. The third kappa shape index (κ3) is 2.04. The fraction of sp³-hybridized carbons (Fsp3) is 0.250. The predicted molar refractivity (Wildman–Crippen MR) is 64.2 cm³/mol. The second-order valence-corrected chi connectivity index (χ2v) is 3.57. The van der Waals surface area contributed by atoms with Gasteiger partial charge in [0.1, 0.15) is 5.76 Å². The Balaban J connectivity index is 2.55. The number of hydrogen-bond acceptors (Lipinski definition) is 5. The Kier molecular flexibility index (Phi) is 2.91. The third-order valence-electron chi connectivity index (χ3n) is 2.41. The third-order valence-corrected chi connectivity index (χ3v) is 2.41. The van der Waals surface area contributed by atoms with Gasteiger partial charge in [-0.1, -0.05) is 0 Å². The lowest BCUT2D eigenvalue weighted by Gasteiger charge is -2.10. The van der Waals surface area contributed by atoms with Crippen molar-refractivity contribution in [2.75, 3.05) is 20.0 Å². The van der Waals surface area contributed by atoms with Gasteiger partial charge in [-0.25, -0.2) is 4.98 Å². The number of benzene rings is 1. The van der Waals surface area contributed by atoms with Gasteiger partial charge in [0, 0.05) is 11.8 Å². The maximum Gasteiger partial charge on any atom is 0.228 e. The highest BCUT2D eigenvalue weighted by molar-refractivity contribution is 5.75. The summed E-state index contributed by atoms with van der Waals surface area (Å²) >= 11 is 0. The Labute approximate surface area is 99.2 Å². The number of nitrogens with zero attached hydrogens (tertiary/aromatic N) is 1. The van der Waals surface area contributed by atoms with E-state index in [0.29, 0.717) is 28.6 Å². The first-order valence-corrected chi connectivity index (χ1v) is 5.10. The average molecular weight is 234 g/mol. The smallest absolute Gasteiger partial charge is 0.228 e. The maximum atomic E-state index is 5.93. The van der Waals surface area contributed by atoms with E-state index in [1.165, 1.54) is 0 Å². The van der Waals surface area contributed by atoms with E-state index in [4.69, 9.17) is 19.6 Å². The van der Waals surface area contributed by atoms with E-state index in [2.05, 4.69) is 4.98 Å². The van der Waals surface area contributed by atoms with Crippen molar-refractivity contribution < 1.29 is 13.9 Å². The van der Waals surface area contributed by atoms with E-state index in [1.54, 1.807) is 32.5 Å². The lowest BCUT2D eigenvalue weighted by molar-refractivity contribution is 0.355. The Hall–Kier alpha value is -2.17. The van der Waals surface area contributed by atoms with Gasteiger partial charge in [-0.2, -0.15) is 0 Å². The summed E-state index contributed by atoms with van der Waals surface area (Å²) in [4.78, 5) is 4.13. The number of rotatable bonds is 3. The Bertz CT molecular complexity index is 535. The monoisotopic (exact) mass is 234 g/mol. The Morgan fingerprint density at radius 1 is 1.18 bits per heavy atom. The van der Waals surface area contributed by atoms with Crippen molar-refractivity contribution >= 4 is 5.69 Å². The molecule has 0 saturated carbocycles. The lowest BCUT2D eigenvalue weighted by atomic mass is 10.1. The number of aromatic nitrogens is 1. The standard InChI is InChI=1S/C12H14N2O3/c1-7-6-14-12(17-7)8-4-10(15-2)11(16-3)5-9(8)13/h4-6H,13H2,1-3H3. The summed E-state index contributed by atoms with van der Waals surface area (Å²) in [5, 5.41) is 0. The average Bonchev–Trinajstić information content (AvgIpc) is 2.75. The number of nitrogen functional groups attached to an aromatic ring is 1. The van der Waals surface area contributed by atoms with Crippen LogP contribution in [0.4, 0.5) is 5.69 Å². The summed E-state index contributed by atoms with van der Waals surface area (Å²) in [7, 11) is 3.13. The molecule has 0 fully saturated rings. The van der Waals surface area contributed by atoms with Crippen LogP contribution < -0.4 is 15.2 Å². The van der Waals surface area contributed by atoms with Crippen LogP contribution in [-0.2, 0) is 0 Å². The minimum absolute atomic E-state index is 0.473. The first-order valence-electron chi connectivity index (χ1n) is 5.10. The molecule has 90 valence electrons. The van der Waals surface area contributed by atoms with Crippen molar-refractivity contribution in [3.63, 3.8) is 0 Å². The molecule has 2 aromatic rings. The van der Waals surface area contributed by atoms with Gasteiger partial charge in [-0.3, -0.25) is 0 Å². The van der Waals surface area contributed by atoms with Gasteiger partial charge < -0.3 is 19.6 Å². The molecule has 0 saturated heterocycles. The van der Waals surface area contributed by atoms with Crippen LogP contribution in [0.1, 0.15) is 5.76 Å². The van der Waals surface area contributed by atoms with Crippen molar-refractivity contribution in [3.8, 4) is 23.0 Å². The zero-order chi connectivity index (χ0) is 12.4. The quantitative estimate of drug-likeness (QED) is 0.825. The molecule has 0 radical (unpaired) electrons. The molecule has 0 unspecified atom stereocenters. The van der Waals surface area contributed by atoms with Gasteiger partial charge in [0.05, 0.1) is 26.0 Å². The zero-order valence-corrected chi connectivity index (χ0v) is 9.98. The molecule has 5 heteroatoms. The fourth-order valence-electron chi connectivity index (χ4n) is 1.56. The lowest BCUT2D eigenvalue weighted by Crippen LogP contribution is -1.96. The largest absolute Gasteiger partial charge is 0.493 e. The predicted octanol–water partition coefficient (Wildman–Crippen LogP) is 2.25. The first kappa shape index (κ1) is 11.3. The van der Waals surface area contributed by atoms with Crippen LogP contribution >= 0.6 is 0 Å². The second kappa shape index (κ2) is 4.37. The summed E-state index contributed by atoms with van der Waals surface area (Å²) in [6.07, 6.45) is 1.64. The highest BCUT2D eigenvalue weighted by atomic mass is 16.5. The summed E-state index contributed by atoms with van der Waals surface area (Å²) in [5.41, 5.74) is 7.15. The van der Waals surface area contributed by atoms with Crippen molar-refractivity contribution in [3.05, 3.63) is 24.1 Å². The summed E-state index contributed by atoms with van der Waals surface area (Å²) in [5.74, 6) is 2.37. The van der Waals surface area contributed by atoms with Gasteiger partial charge in [-0.05, 0) is 13.0 Å². The summed E-state index contributed by atoms with van der Waals surface area (Å²) in [6, 6.07) is 3.44. The van der Waals surface area contributed by atoms with E-state index in [1.807, 2.05) is 6.92 Å². The van der Waals surface area contributed by atoms with Crippen molar-refractivity contribution in [1.29, 1.82) is 0 Å². The highest BCUT2D eigenvalue weighted by Crippen LogP contribution is 2.36. The van der Waals surface area contributed by atoms with Crippen LogP contribution in [0, 0.1) is 6.92 Å². The van der Waals surface area contributed by atoms with Crippen LogP contribution in [0.15, 0.2) is 22.7 Å². The topological polar surface area (TPSA) is 70.5 Å². The minimum atomic E-state index is 0.473. The van der Waals surface area contributed by atoms with Gasteiger partial charge in [0.25, 0.3) is 0 Å². The number of methoxy groups -OCH3 is 2. The molecule has 0 aliphatic carbocycles. The van der Waals surface area contributed by atoms with Crippen molar-refractivity contribution in [1.82, 2.24) is 4.98 Å². The molecule has 2 N–H and O–H groups in total. The Morgan fingerprint density at radius 3 is 2.35 bits per heavy atom. The van der Waals surface area contributed by atoms with E-state index in [9.17, 15) is 0 Å². The second-order valence-electron chi connectivity index (χ2n) is 3.57. The molecular formula is C12H14N2O3. The van der Waals surface area contributed by atoms with E-state index >= 15 is 0 Å². The zero-order valence-electron chi connectivity index (χ0n) is 9.98. The molecule has 2 rings (SSSR count). The van der Waals surface area contributed by atoms with Crippen LogP contribution in [0.2, 0.25) is 0 Å². The van der Waals surface area contributed by atoms with E-state index < -0.39 is 0 Å². The number of aryl methyl sites for hydroxylation is 1. The molecule has 0 aliphatic rings. The van der Waals surface area contributed by atoms with E-state index in [-0.39, 0.29) is 0 Å². The van der Waals surface area contributed by atoms with Crippen LogP contribution in [0.5, 0.6) is 11.5 Å². The fourth-order valence-corrected chi connectivity index (χ4v) is 1.56. The number of nitrogens with two attached hydrogens (primary N) is 1. The van der Waals surface area contributed by atoms with Gasteiger partial charge in [0.15, 0.2) is 11.5 Å². The van der Waals surface area contributed by atoms with Crippen molar-refractivity contribution in [2.45, 2.75) is 6.92 Å². The van der Waals surface area contributed by atoms with Crippen LogP contribution in [0.25, 0.3) is 11.5 Å². The SMILES string of the molecule is COc1cc(N)c(-c2ncc(C)o2)cc1OC. The molecule has 17 heavy (non-hydrogen) atoms. The molecule has 0 spiro atoms. The van der Waals surface area contributed by atoms with Crippen LogP contribution in [-0.4, -0.2) is 19.2 Å². The molecular weight excluding hydrogens is 220 g/mol. The van der Waals surface area contributed by atoms with E-state index in [0.717, 1.165) is 5.76 Å². The molecule has 1 aromatic carbocycles. The van der Waals surface area contributed by atoms with Crippen molar-refractivity contribution in [2.24, 2.45) is 0 Å². The normalized spacial score (nSPS) is 10.3. The molecule has 1 heterocycles. The highest BCUT2D eigenvalue weighted by Gasteiger charge is 2.14. The molecule has 5 nitrogen and oxygen atoms in total.